The van der Waals surface area contributed by atoms with Gasteiger partial charge in [-0.25, -0.2) is 0 Å². The molecule has 164 valence electrons. The number of carbonyl (C=O) groups excluding carboxylic acids is 3. The molecule has 0 unspecified atom stereocenters. The monoisotopic (exact) mass is 487 g/mol. The first kappa shape index (κ1) is 21.6. The van der Waals surface area contributed by atoms with Gasteiger partial charge in [-0.2, -0.15) is 0 Å². The highest BCUT2D eigenvalue weighted by atomic mass is 79.9. The molecule has 0 aliphatic carbocycles. The molecule has 2 aliphatic rings. The van der Waals surface area contributed by atoms with E-state index in [1.54, 1.807) is 24.3 Å². The Hall–Kier alpha value is -2.61. The molecule has 0 atom stereocenters. The van der Waals surface area contributed by atoms with Gasteiger partial charge in [-0.1, -0.05) is 12.1 Å². The van der Waals surface area contributed by atoms with Gasteiger partial charge in [0, 0.05) is 37.8 Å². The van der Waals surface area contributed by atoms with Crippen molar-refractivity contribution in [3.63, 3.8) is 0 Å². The van der Waals surface area contributed by atoms with Crippen molar-refractivity contribution >= 4 is 39.3 Å². The molecule has 0 spiro atoms. The van der Waals surface area contributed by atoms with E-state index in [9.17, 15) is 14.4 Å². The molecule has 1 aromatic heterocycles. The minimum atomic E-state index is -0.333. The summed E-state index contributed by atoms with van der Waals surface area (Å²) in [6.45, 7) is 3.03. The summed E-state index contributed by atoms with van der Waals surface area (Å²) in [5.41, 5.74) is 1.52. The van der Waals surface area contributed by atoms with Crippen LogP contribution >= 0.6 is 15.9 Å². The van der Waals surface area contributed by atoms with Crippen LogP contribution in [-0.4, -0.2) is 53.7 Å². The summed E-state index contributed by atoms with van der Waals surface area (Å²) >= 11 is 3.18. The number of hydrogen-bond acceptors (Lipinski definition) is 4. The van der Waals surface area contributed by atoms with Crippen molar-refractivity contribution in [2.24, 2.45) is 5.92 Å². The van der Waals surface area contributed by atoms with Gasteiger partial charge >= 0.3 is 0 Å². The zero-order chi connectivity index (χ0) is 21.8. The number of nitrogens with one attached hydrogen (secondary N) is 1. The Morgan fingerprint density at radius 1 is 0.935 bits per heavy atom. The van der Waals surface area contributed by atoms with Crippen LogP contribution in [0, 0.1) is 5.92 Å². The van der Waals surface area contributed by atoms with E-state index in [0.29, 0.717) is 29.9 Å². The third kappa shape index (κ3) is 5.36. The fourth-order valence-electron chi connectivity index (χ4n) is 4.19. The number of hydrogen-bond donors (Lipinski definition) is 1. The highest BCUT2D eigenvalue weighted by Crippen LogP contribution is 2.23. The number of rotatable bonds is 5. The van der Waals surface area contributed by atoms with Gasteiger partial charge in [-0.3, -0.25) is 14.4 Å². The Morgan fingerprint density at radius 3 is 2.23 bits per heavy atom. The highest BCUT2D eigenvalue weighted by Gasteiger charge is 2.31. The van der Waals surface area contributed by atoms with Crippen molar-refractivity contribution < 1.29 is 18.8 Å². The summed E-state index contributed by atoms with van der Waals surface area (Å²) in [5.74, 6) is 0.284. The summed E-state index contributed by atoms with van der Waals surface area (Å²) in [4.78, 5) is 41.2. The Morgan fingerprint density at radius 2 is 1.61 bits per heavy atom. The zero-order valence-electron chi connectivity index (χ0n) is 17.3. The molecule has 3 heterocycles. The number of likely N-dealkylation sites (tertiary alicyclic amines) is 2. The number of furan rings is 1. The van der Waals surface area contributed by atoms with Crippen LogP contribution in [0.25, 0.3) is 0 Å². The third-order valence-corrected chi connectivity index (χ3v) is 6.40. The number of halogens is 1. The molecule has 3 amide bonds. The zero-order valence-corrected chi connectivity index (χ0v) is 18.9. The summed E-state index contributed by atoms with van der Waals surface area (Å²) in [5, 5.41) is 2.77. The second-order valence-electron chi connectivity index (χ2n) is 8.12. The van der Waals surface area contributed by atoms with Crippen LogP contribution in [0.3, 0.4) is 0 Å². The first-order valence-corrected chi connectivity index (χ1v) is 11.5. The maximum absolute atomic E-state index is 12.7. The maximum Gasteiger partial charge on any atom is 0.291 e. The molecule has 8 heteroatoms. The predicted octanol–water partition coefficient (Wildman–Crippen LogP) is 3.70. The smallest absolute Gasteiger partial charge is 0.291 e. The van der Waals surface area contributed by atoms with Gasteiger partial charge in [-0.05, 0) is 71.4 Å². The van der Waals surface area contributed by atoms with E-state index in [-0.39, 0.29) is 29.4 Å². The maximum atomic E-state index is 12.7. The minimum absolute atomic E-state index is 0.0554. The first-order chi connectivity index (χ1) is 15.0. The number of amides is 3. The fourth-order valence-corrected chi connectivity index (χ4v) is 4.50. The van der Waals surface area contributed by atoms with Crippen LogP contribution < -0.4 is 5.32 Å². The molecular weight excluding hydrogens is 462 g/mol. The molecule has 2 fully saturated rings. The van der Waals surface area contributed by atoms with Gasteiger partial charge in [0.25, 0.3) is 5.91 Å². The van der Waals surface area contributed by atoms with Crippen molar-refractivity contribution in [1.82, 2.24) is 9.80 Å². The molecule has 2 aliphatic heterocycles. The molecule has 31 heavy (non-hydrogen) atoms. The summed E-state index contributed by atoms with van der Waals surface area (Å²) in [7, 11) is 0. The standard InChI is InChI=1S/C23H26BrN3O4/c24-20-8-7-19(31-20)22(29)25-18-5-3-16(4-6-18)15-21(28)26-13-9-17(10-14-26)23(30)27-11-1-2-12-27/h3-8,17H,1-2,9-15H2,(H,25,29). The minimum Gasteiger partial charge on any atom is -0.444 e. The van der Waals surface area contributed by atoms with Crippen molar-refractivity contribution in [2.45, 2.75) is 32.1 Å². The van der Waals surface area contributed by atoms with Crippen molar-refractivity contribution in [2.75, 3.05) is 31.5 Å². The van der Waals surface area contributed by atoms with Gasteiger partial charge in [-0.15, -0.1) is 0 Å². The van der Waals surface area contributed by atoms with E-state index < -0.39 is 0 Å². The average molecular weight is 488 g/mol. The molecule has 0 radical (unpaired) electrons. The molecule has 1 aromatic carbocycles. The molecule has 1 N–H and O–H groups in total. The van der Waals surface area contributed by atoms with Gasteiger partial charge in [0.15, 0.2) is 10.4 Å². The molecule has 4 rings (SSSR count). The van der Waals surface area contributed by atoms with Crippen molar-refractivity contribution in [3.8, 4) is 0 Å². The lowest BCUT2D eigenvalue weighted by Crippen LogP contribution is -2.44. The van der Waals surface area contributed by atoms with Gasteiger partial charge in [0.2, 0.25) is 11.8 Å². The second-order valence-corrected chi connectivity index (χ2v) is 8.90. The average Bonchev–Trinajstić information content (AvgIpc) is 3.47. The topological polar surface area (TPSA) is 82.9 Å². The fraction of sp³-hybridized carbons (Fsp3) is 0.435. The molecule has 2 saturated heterocycles. The lowest BCUT2D eigenvalue weighted by molar-refractivity contribution is -0.139. The summed E-state index contributed by atoms with van der Waals surface area (Å²) in [6.07, 6.45) is 4.01. The van der Waals surface area contributed by atoms with Crippen LogP contribution in [-0.2, 0) is 16.0 Å². The summed E-state index contributed by atoms with van der Waals surface area (Å²) in [6, 6.07) is 10.5. The predicted molar refractivity (Wildman–Crippen MR) is 120 cm³/mol. The lowest BCUT2D eigenvalue weighted by Gasteiger charge is -2.33. The van der Waals surface area contributed by atoms with Gasteiger partial charge in [0.05, 0.1) is 6.42 Å². The Balaban J connectivity index is 1.25. The molecular formula is C23H26BrN3O4. The molecule has 7 nitrogen and oxygen atoms in total. The first-order valence-electron chi connectivity index (χ1n) is 10.7. The third-order valence-electron chi connectivity index (χ3n) is 5.98. The second kappa shape index (κ2) is 9.68. The quantitative estimate of drug-likeness (QED) is 0.696. The largest absolute Gasteiger partial charge is 0.444 e. The van der Waals surface area contributed by atoms with E-state index in [4.69, 9.17) is 4.42 Å². The van der Waals surface area contributed by atoms with Crippen molar-refractivity contribution in [3.05, 3.63) is 52.4 Å². The Kier molecular flexibility index (Phi) is 6.75. The van der Waals surface area contributed by atoms with Crippen LogP contribution in [0.4, 0.5) is 5.69 Å². The highest BCUT2D eigenvalue weighted by molar-refractivity contribution is 9.10. The SMILES string of the molecule is O=C(Nc1ccc(CC(=O)N2CCC(C(=O)N3CCCC3)CC2)cc1)c1ccc(Br)o1. The number of anilines is 1. The summed E-state index contributed by atoms with van der Waals surface area (Å²) < 4.78 is 5.74. The van der Waals surface area contributed by atoms with E-state index in [1.807, 2.05) is 21.9 Å². The number of benzene rings is 1. The molecule has 0 bridgehead atoms. The van der Waals surface area contributed by atoms with Crippen LogP contribution in [0.1, 0.15) is 41.8 Å². The van der Waals surface area contributed by atoms with E-state index in [0.717, 1.165) is 44.3 Å². The number of piperidine rings is 1. The molecule has 2 aromatic rings. The van der Waals surface area contributed by atoms with Crippen LogP contribution in [0.15, 0.2) is 45.5 Å². The van der Waals surface area contributed by atoms with E-state index in [2.05, 4.69) is 21.2 Å². The van der Waals surface area contributed by atoms with Gasteiger partial charge < -0.3 is 19.5 Å². The van der Waals surface area contributed by atoms with E-state index >= 15 is 0 Å². The Labute approximate surface area is 189 Å². The Bertz CT molecular complexity index is 942. The molecule has 0 saturated carbocycles. The lowest BCUT2D eigenvalue weighted by atomic mass is 9.95. The number of carbonyl (C=O) groups is 3. The number of nitrogens with zero attached hydrogens (tertiary/aromatic N) is 2. The van der Waals surface area contributed by atoms with Gasteiger partial charge in [0.1, 0.15) is 0 Å². The van der Waals surface area contributed by atoms with Crippen molar-refractivity contribution in [1.29, 1.82) is 0 Å². The van der Waals surface area contributed by atoms with Crippen LogP contribution in [0.5, 0.6) is 0 Å². The van der Waals surface area contributed by atoms with E-state index in [1.165, 1.54) is 0 Å². The normalized spacial score (nSPS) is 17.1. The van der Waals surface area contributed by atoms with Crippen LogP contribution in [0.2, 0.25) is 0 Å².